The van der Waals surface area contributed by atoms with Gasteiger partial charge in [0.25, 0.3) is 0 Å². The van der Waals surface area contributed by atoms with Gasteiger partial charge < -0.3 is 9.60 Å². The van der Waals surface area contributed by atoms with Gasteiger partial charge in [-0.25, -0.2) is 0 Å². The fraction of sp³-hybridized carbons (Fsp3) is 0.667. The quantitative estimate of drug-likeness (QED) is 0.256. The Morgan fingerprint density at radius 2 is 1.57 bits per heavy atom. The van der Waals surface area contributed by atoms with Crippen molar-refractivity contribution in [2.75, 3.05) is 14.1 Å². The first-order valence-electron chi connectivity index (χ1n) is 1.39. The molecule has 0 aromatic heterocycles. The second kappa shape index (κ2) is 10.1. The average Bonchev–Trinajstić information content (AvgIpc) is 1.38. The predicted molar refractivity (Wildman–Crippen MR) is 19.8 cm³/mol. The van der Waals surface area contributed by atoms with Crippen LogP contribution in [0.15, 0.2) is 0 Å². The summed E-state index contributed by atoms with van der Waals surface area (Å²) in [6.45, 7) is 0. The summed E-state index contributed by atoms with van der Waals surface area (Å²) in [5, 5.41) is 0. The summed E-state index contributed by atoms with van der Waals surface area (Å²) in [4.78, 5) is 10.9. The number of rotatable bonds is 1. The van der Waals surface area contributed by atoms with Crippen LogP contribution in [0.1, 0.15) is 0 Å². The second-order valence-corrected chi connectivity index (χ2v) is 1.07. The zero-order valence-corrected chi connectivity index (χ0v) is 7.93. The molecule has 0 spiro atoms. The van der Waals surface area contributed by atoms with E-state index >= 15 is 0 Å². The van der Waals surface area contributed by atoms with Gasteiger partial charge in [-0.05, 0) is 0 Å². The van der Waals surface area contributed by atoms with Crippen molar-refractivity contribution in [1.82, 2.24) is 4.90 Å². The van der Waals surface area contributed by atoms with Crippen LogP contribution >= 0.6 is 0 Å². The van der Waals surface area contributed by atoms with Gasteiger partial charge in [-0.15, -0.1) is 0 Å². The van der Waals surface area contributed by atoms with Crippen molar-refractivity contribution >= 4 is 6.41 Å². The van der Waals surface area contributed by atoms with Crippen molar-refractivity contribution in [3.8, 4) is 0 Å². The van der Waals surface area contributed by atoms with E-state index in [2.05, 4.69) is 0 Å². The Labute approximate surface area is 85.0 Å². The van der Waals surface area contributed by atoms with Gasteiger partial charge in [0.2, 0.25) is 6.41 Å². The van der Waals surface area contributed by atoms with E-state index < -0.39 is 0 Å². The van der Waals surface area contributed by atoms with Crippen LogP contribution in [0.2, 0.25) is 0 Å². The van der Waals surface area contributed by atoms with Gasteiger partial charge in [-0.2, -0.15) is 0 Å². The molecular weight excluding hydrogens is 124 g/mol. The van der Waals surface area contributed by atoms with E-state index in [1.165, 1.54) is 4.90 Å². The molecule has 0 saturated carbocycles. The molecule has 0 aromatic rings. The fourth-order valence-corrected chi connectivity index (χ4v) is 0. The Morgan fingerprint density at radius 1 is 1.43 bits per heavy atom. The van der Waals surface area contributed by atoms with Crippen molar-refractivity contribution in [3.05, 3.63) is 0 Å². The van der Waals surface area contributed by atoms with Crippen molar-refractivity contribution < 1.29 is 60.9 Å². The molecule has 0 bridgehead atoms. The molecule has 0 aromatic carbocycles. The summed E-state index contributed by atoms with van der Waals surface area (Å²) in [6.07, 6.45) is 0.750. The molecule has 4 heteroatoms. The van der Waals surface area contributed by atoms with Crippen molar-refractivity contribution in [1.29, 1.82) is 0 Å². The molecule has 0 heterocycles. The minimum atomic E-state index is 0. The van der Waals surface area contributed by atoms with E-state index in [0.29, 0.717) is 0 Å². The van der Waals surface area contributed by atoms with Crippen molar-refractivity contribution in [3.63, 3.8) is 0 Å². The standard InChI is InChI=1S/C3H7NO.FH.K/c1-4(2)3-5;;/h3H,1-2H3;1H;/q;;+1/p-1. The smallest absolute Gasteiger partial charge is 1.00 e. The molecular formula is C3H7FKNO. The van der Waals surface area contributed by atoms with Crippen molar-refractivity contribution in [2.45, 2.75) is 0 Å². The Bertz CT molecular complexity index is 41.9. The van der Waals surface area contributed by atoms with E-state index in [0.717, 1.165) is 6.41 Å². The predicted octanol–water partition coefficient (Wildman–Crippen LogP) is -6.29. The number of amides is 1. The van der Waals surface area contributed by atoms with Gasteiger partial charge in [0.05, 0.1) is 0 Å². The number of hydrogen-bond acceptors (Lipinski definition) is 1. The Kier molecular flexibility index (Phi) is 22.7. The molecule has 0 N–H and O–H groups in total. The molecule has 7 heavy (non-hydrogen) atoms. The van der Waals surface area contributed by atoms with E-state index in [1.807, 2.05) is 0 Å². The third-order valence-corrected chi connectivity index (χ3v) is 0.211. The summed E-state index contributed by atoms with van der Waals surface area (Å²) < 4.78 is 0. The minimum absolute atomic E-state index is 0. The number of carbonyl (C=O) groups is 1. The van der Waals surface area contributed by atoms with Gasteiger partial charge in [-0.1, -0.05) is 0 Å². The molecule has 0 radical (unpaired) electrons. The molecule has 0 rings (SSSR count). The first-order valence-corrected chi connectivity index (χ1v) is 1.39. The van der Waals surface area contributed by atoms with Crippen LogP contribution in [0.4, 0.5) is 0 Å². The summed E-state index contributed by atoms with van der Waals surface area (Å²) in [7, 11) is 3.38. The van der Waals surface area contributed by atoms with Crippen LogP contribution in [-0.2, 0) is 4.79 Å². The summed E-state index contributed by atoms with van der Waals surface area (Å²) in [5.74, 6) is 0. The SMILES string of the molecule is CN(C)C=O.[F-].[K+]. The Balaban J connectivity index is -0.0000000800. The van der Waals surface area contributed by atoms with Crippen LogP contribution < -0.4 is 56.1 Å². The third kappa shape index (κ3) is 19.4. The van der Waals surface area contributed by atoms with Crippen LogP contribution in [0, 0.1) is 0 Å². The van der Waals surface area contributed by atoms with Gasteiger partial charge in [0.1, 0.15) is 0 Å². The number of hydrogen-bond donors (Lipinski definition) is 0. The van der Waals surface area contributed by atoms with Crippen molar-refractivity contribution in [2.24, 2.45) is 0 Å². The third-order valence-electron chi connectivity index (χ3n) is 0.211. The van der Waals surface area contributed by atoms with Gasteiger partial charge in [0.15, 0.2) is 0 Å². The second-order valence-electron chi connectivity index (χ2n) is 1.07. The molecule has 0 atom stereocenters. The van der Waals surface area contributed by atoms with E-state index in [4.69, 9.17) is 0 Å². The molecule has 0 aliphatic carbocycles. The molecule has 0 saturated heterocycles. The normalized spacial score (nSPS) is 4.86. The number of carbonyl (C=O) groups excluding carboxylic acids is 1. The maximum absolute atomic E-state index is 9.43. The summed E-state index contributed by atoms with van der Waals surface area (Å²) >= 11 is 0. The summed E-state index contributed by atoms with van der Waals surface area (Å²) in [6, 6.07) is 0. The van der Waals surface area contributed by atoms with E-state index in [9.17, 15) is 4.79 Å². The topological polar surface area (TPSA) is 20.3 Å². The number of halogens is 1. The van der Waals surface area contributed by atoms with Gasteiger partial charge in [-0.3, -0.25) is 4.79 Å². The molecule has 1 amide bonds. The average molecular weight is 131 g/mol. The largest absolute Gasteiger partial charge is 1.00 e. The van der Waals surface area contributed by atoms with Crippen LogP contribution in [0.3, 0.4) is 0 Å². The molecule has 0 aliphatic rings. The van der Waals surface area contributed by atoms with Crippen LogP contribution in [0.5, 0.6) is 0 Å². The van der Waals surface area contributed by atoms with Gasteiger partial charge in [0, 0.05) is 14.1 Å². The maximum atomic E-state index is 9.43. The summed E-state index contributed by atoms with van der Waals surface area (Å²) in [5.41, 5.74) is 0. The molecule has 0 fully saturated rings. The van der Waals surface area contributed by atoms with E-state index in [1.54, 1.807) is 14.1 Å². The Morgan fingerprint density at radius 3 is 1.57 bits per heavy atom. The zero-order valence-electron chi connectivity index (χ0n) is 4.81. The van der Waals surface area contributed by atoms with Gasteiger partial charge >= 0.3 is 51.4 Å². The monoisotopic (exact) mass is 131 g/mol. The first-order chi connectivity index (χ1) is 2.27. The maximum Gasteiger partial charge on any atom is 1.00 e. The molecule has 38 valence electrons. The molecule has 2 nitrogen and oxygen atoms in total. The number of nitrogens with zero attached hydrogens (tertiary/aromatic N) is 1. The Hall–Kier alpha value is 1.04. The molecule has 0 unspecified atom stereocenters. The van der Waals surface area contributed by atoms with E-state index in [-0.39, 0.29) is 56.1 Å². The minimum Gasteiger partial charge on any atom is -1.00 e. The van der Waals surface area contributed by atoms with Crippen LogP contribution in [-0.4, -0.2) is 25.4 Å². The fourth-order valence-electron chi connectivity index (χ4n) is 0. The van der Waals surface area contributed by atoms with Crippen LogP contribution in [0.25, 0.3) is 0 Å². The zero-order chi connectivity index (χ0) is 4.28. The molecule has 0 aliphatic heterocycles. The first kappa shape index (κ1) is 15.7.